The summed E-state index contributed by atoms with van der Waals surface area (Å²) in [5.41, 5.74) is 11.5. The standard InChI is InChI=1S/C4H6N2Se.ClH/c5-3-1-4(6)7-2-3;/h1-2H,5-6H2;1H. The monoisotopic (exact) mass is 198 g/mol. The molecule has 8 heavy (non-hydrogen) atoms. The average Bonchev–Trinajstić information content (AvgIpc) is 1.87. The van der Waals surface area contributed by atoms with Gasteiger partial charge in [0.1, 0.15) is 0 Å². The van der Waals surface area contributed by atoms with E-state index >= 15 is 0 Å². The zero-order valence-electron chi connectivity index (χ0n) is 4.13. The molecule has 0 radical (unpaired) electrons. The number of nitrogens with two attached hydrogens (primary N) is 2. The fraction of sp³-hybridized carbons (Fsp3) is 0. The van der Waals surface area contributed by atoms with Gasteiger partial charge in [0.2, 0.25) is 0 Å². The van der Waals surface area contributed by atoms with Gasteiger partial charge in [0, 0.05) is 0 Å². The van der Waals surface area contributed by atoms with Gasteiger partial charge in [0.05, 0.1) is 0 Å². The van der Waals surface area contributed by atoms with Crippen LogP contribution in [0, 0.1) is 0 Å². The number of hydrogen-bond acceptors (Lipinski definition) is 2. The fourth-order valence-electron chi connectivity index (χ4n) is 0.368. The molecule has 0 saturated carbocycles. The Labute approximate surface area is 60.0 Å². The van der Waals surface area contributed by atoms with Gasteiger partial charge >= 0.3 is 47.2 Å². The van der Waals surface area contributed by atoms with Crippen molar-refractivity contribution in [3.63, 3.8) is 0 Å². The number of hydrogen-bond donors (Lipinski definition) is 2. The van der Waals surface area contributed by atoms with Crippen LogP contribution in [-0.4, -0.2) is 14.5 Å². The van der Waals surface area contributed by atoms with Crippen molar-refractivity contribution in [3.8, 4) is 0 Å². The quantitative estimate of drug-likeness (QED) is 0.589. The van der Waals surface area contributed by atoms with Gasteiger partial charge in [-0.15, -0.1) is 12.4 Å². The Hall–Kier alpha value is -0.111. The van der Waals surface area contributed by atoms with Gasteiger partial charge in [-0.25, -0.2) is 0 Å². The number of rotatable bonds is 0. The van der Waals surface area contributed by atoms with Crippen LogP contribution in [0.2, 0.25) is 0 Å². The minimum atomic E-state index is 0. The van der Waals surface area contributed by atoms with Crippen molar-refractivity contribution < 1.29 is 0 Å². The summed E-state index contributed by atoms with van der Waals surface area (Å²) >= 11 is 0.351. The summed E-state index contributed by atoms with van der Waals surface area (Å²) in [5.74, 6) is 0. The summed E-state index contributed by atoms with van der Waals surface area (Å²) in [6, 6.07) is 1.81. The van der Waals surface area contributed by atoms with E-state index < -0.39 is 0 Å². The fourth-order valence-corrected chi connectivity index (χ4v) is 1.51. The minimum absolute atomic E-state index is 0. The molecule has 0 saturated heterocycles. The molecule has 0 unspecified atom stereocenters. The molecule has 0 aliphatic rings. The molecular formula is C4H7ClN2Se. The third kappa shape index (κ3) is 1.78. The third-order valence-electron chi connectivity index (χ3n) is 0.640. The van der Waals surface area contributed by atoms with Crippen molar-refractivity contribution in [3.05, 3.63) is 11.0 Å². The molecule has 4 N–H and O–H groups in total. The van der Waals surface area contributed by atoms with Crippen LogP contribution in [-0.2, 0) is 0 Å². The molecule has 4 heteroatoms. The van der Waals surface area contributed by atoms with Crippen molar-refractivity contribution in [2.24, 2.45) is 0 Å². The summed E-state index contributed by atoms with van der Waals surface area (Å²) in [6.45, 7) is 0. The first-order valence-electron chi connectivity index (χ1n) is 1.88. The molecule has 1 heterocycles. The van der Waals surface area contributed by atoms with Crippen molar-refractivity contribution in [1.82, 2.24) is 0 Å². The molecular weight excluding hydrogens is 190 g/mol. The van der Waals surface area contributed by atoms with Gasteiger partial charge in [0.25, 0.3) is 0 Å². The average molecular weight is 198 g/mol. The Kier molecular flexibility index (Phi) is 2.98. The van der Waals surface area contributed by atoms with Crippen LogP contribution in [0.1, 0.15) is 0 Å². The molecule has 0 atom stereocenters. The maximum absolute atomic E-state index is 5.38. The Morgan fingerprint density at radius 3 is 2.12 bits per heavy atom. The number of nitrogen functional groups attached to an aromatic ring is 2. The van der Waals surface area contributed by atoms with Crippen molar-refractivity contribution in [1.29, 1.82) is 0 Å². The van der Waals surface area contributed by atoms with E-state index in [-0.39, 0.29) is 12.4 Å². The Morgan fingerprint density at radius 2 is 2.00 bits per heavy atom. The Morgan fingerprint density at radius 1 is 1.38 bits per heavy atom. The van der Waals surface area contributed by atoms with E-state index in [2.05, 4.69) is 0 Å². The summed E-state index contributed by atoms with van der Waals surface area (Å²) in [5, 5.41) is 0. The van der Waals surface area contributed by atoms with Crippen LogP contribution in [0.15, 0.2) is 11.0 Å². The predicted molar refractivity (Wildman–Crippen MR) is 39.5 cm³/mol. The second-order valence-electron chi connectivity index (χ2n) is 1.28. The molecule has 0 bridgehead atoms. The molecule has 0 aliphatic carbocycles. The molecule has 1 aromatic heterocycles. The van der Waals surface area contributed by atoms with E-state index in [1.807, 2.05) is 4.94 Å². The number of halogens is 1. The third-order valence-corrected chi connectivity index (χ3v) is 2.28. The van der Waals surface area contributed by atoms with Crippen LogP contribution in [0.5, 0.6) is 0 Å². The topological polar surface area (TPSA) is 52.0 Å². The van der Waals surface area contributed by atoms with Crippen molar-refractivity contribution >= 4 is 37.2 Å². The molecule has 1 aromatic rings. The van der Waals surface area contributed by atoms with Crippen LogP contribution < -0.4 is 11.5 Å². The molecule has 0 spiro atoms. The van der Waals surface area contributed by atoms with Crippen LogP contribution in [0.25, 0.3) is 0 Å². The van der Waals surface area contributed by atoms with Crippen molar-refractivity contribution in [2.75, 3.05) is 11.5 Å². The van der Waals surface area contributed by atoms with E-state index in [4.69, 9.17) is 11.5 Å². The predicted octanol–water partition coefficient (Wildman–Crippen LogP) is 0.330. The Bertz CT molecular complexity index is 146. The van der Waals surface area contributed by atoms with E-state index in [0.717, 1.165) is 10.2 Å². The second-order valence-corrected chi connectivity index (χ2v) is 3.26. The first-order valence-corrected chi connectivity index (χ1v) is 3.73. The zero-order valence-corrected chi connectivity index (χ0v) is 6.66. The maximum atomic E-state index is 5.38. The van der Waals surface area contributed by atoms with Gasteiger partial charge in [0.15, 0.2) is 0 Å². The normalized spacial score (nSPS) is 8.00. The summed E-state index contributed by atoms with van der Waals surface area (Å²) < 4.78 is 0.921. The molecule has 0 aliphatic heterocycles. The SMILES string of the molecule is Cl.Nc1c[se]c(N)c1. The van der Waals surface area contributed by atoms with Gasteiger partial charge in [-0.05, 0) is 0 Å². The summed E-state index contributed by atoms with van der Waals surface area (Å²) in [7, 11) is 0. The van der Waals surface area contributed by atoms with Gasteiger partial charge in [-0.3, -0.25) is 0 Å². The van der Waals surface area contributed by atoms with Crippen LogP contribution in [0.3, 0.4) is 0 Å². The van der Waals surface area contributed by atoms with E-state index in [0.29, 0.717) is 14.5 Å². The Balaban J connectivity index is 0.000000490. The molecule has 0 aromatic carbocycles. The summed E-state index contributed by atoms with van der Waals surface area (Å²) in [4.78, 5) is 1.96. The van der Waals surface area contributed by atoms with Crippen molar-refractivity contribution in [2.45, 2.75) is 0 Å². The first-order chi connectivity index (χ1) is 3.29. The van der Waals surface area contributed by atoms with E-state index in [9.17, 15) is 0 Å². The van der Waals surface area contributed by atoms with Crippen LogP contribution in [0.4, 0.5) is 10.2 Å². The van der Waals surface area contributed by atoms with Gasteiger partial charge in [-0.1, -0.05) is 0 Å². The van der Waals surface area contributed by atoms with E-state index in [1.54, 1.807) is 6.07 Å². The van der Waals surface area contributed by atoms with Gasteiger partial charge < -0.3 is 0 Å². The molecule has 0 fully saturated rings. The molecule has 1 rings (SSSR count). The van der Waals surface area contributed by atoms with E-state index in [1.165, 1.54) is 0 Å². The van der Waals surface area contributed by atoms with Gasteiger partial charge in [-0.2, -0.15) is 0 Å². The zero-order chi connectivity index (χ0) is 5.28. The molecule has 46 valence electrons. The molecule has 0 amide bonds. The van der Waals surface area contributed by atoms with Crippen LogP contribution >= 0.6 is 12.4 Å². The second kappa shape index (κ2) is 3.02. The number of anilines is 2. The first kappa shape index (κ1) is 7.89. The molecule has 2 nitrogen and oxygen atoms in total. The summed E-state index contributed by atoms with van der Waals surface area (Å²) in [6.07, 6.45) is 0.